The van der Waals surface area contributed by atoms with Gasteiger partial charge in [0, 0.05) is 13.1 Å². The highest BCUT2D eigenvalue weighted by Gasteiger charge is 2.12. The molecule has 0 atom stereocenters. The monoisotopic (exact) mass is 384 g/mol. The smallest absolute Gasteiger partial charge is 0.308 e. The van der Waals surface area contributed by atoms with Crippen LogP contribution >= 0.6 is 0 Å². The molecular weight excluding hydrogens is 360 g/mol. The number of esters is 1. The number of hydrogen-bond acceptors (Lipinski definition) is 5. The molecule has 0 saturated carbocycles. The van der Waals surface area contributed by atoms with Crippen molar-refractivity contribution in [2.75, 3.05) is 20.3 Å². The summed E-state index contributed by atoms with van der Waals surface area (Å²) in [5.74, 6) is -0.838. The van der Waals surface area contributed by atoms with Gasteiger partial charge in [-0.1, -0.05) is 36.4 Å². The Balaban J connectivity index is 1.66. The van der Waals surface area contributed by atoms with E-state index in [9.17, 15) is 14.4 Å². The molecule has 148 valence electrons. The van der Waals surface area contributed by atoms with Crippen LogP contribution in [0.3, 0.4) is 0 Å². The number of benzene rings is 2. The summed E-state index contributed by atoms with van der Waals surface area (Å²) in [6.07, 6.45) is -0.0358. The van der Waals surface area contributed by atoms with Gasteiger partial charge in [0.25, 0.3) is 11.8 Å². The minimum atomic E-state index is -0.564. The summed E-state index contributed by atoms with van der Waals surface area (Å²) >= 11 is 0. The van der Waals surface area contributed by atoms with Crippen LogP contribution in [0.2, 0.25) is 0 Å². The van der Waals surface area contributed by atoms with Crippen LogP contribution in [-0.2, 0) is 20.9 Å². The summed E-state index contributed by atoms with van der Waals surface area (Å²) in [6.45, 7) is 2.07. The fraction of sp³-hybridized carbons (Fsp3) is 0.286. The molecule has 0 unspecified atom stereocenters. The van der Waals surface area contributed by atoms with E-state index < -0.39 is 5.97 Å². The van der Waals surface area contributed by atoms with Gasteiger partial charge in [0.1, 0.15) is 5.75 Å². The third kappa shape index (κ3) is 6.42. The molecule has 0 spiro atoms. The zero-order valence-corrected chi connectivity index (χ0v) is 16.0. The molecule has 0 aliphatic heterocycles. The predicted octanol–water partition coefficient (Wildman–Crippen LogP) is 1.98. The van der Waals surface area contributed by atoms with Gasteiger partial charge in [0.2, 0.25) is 0 Å². The summed E-state index contributed by atoms with van der Waals surface area (Å²) in [5.41, 5.74) is 2.46. The highest BCUT2D eigenvalue weighted by molar-refractivity contribution is 5.97. The number of nitrogens with one attached hydrogen (secondary N) is 2. The lowest BCUT2D eigenvalue weighted by Crippen LogP contribution is -2.30. The third-order valence-electron chi connectivity index (χ3n) is 4.07. The van der Waals surface area contributed by atoms with Gasteiger partial charge in [-0.25, -0.2) is 0 Å². The first-order valence-electron chi connectivity index (χ1n) is 8.89. The van der Waals surface area contributed by atoms with Gasteiger partial charge >= 0.3 is 5.97 Å². The van der Waals surface area contributed by atoms with Crippen LogP contribution < -0.4 is 15.4 Å². The second-order valence-corrected chi connectivity index (χ2v) is 6.07. The SMILES string of the molecule is COc1ccccc1C(=O)NCCC(=O)OCC(=O)NCc1ccccc1C. The Bertz CT molecular complexity index is 835. The molecule has 0 aromatic heterocycles. The molecule has 0 aliphatic carbocycles. The molecule has 7 nitrogen and oxygen atoms in total. The van der Waals surface area contributed by atoms with Crippen LogP contribution in [0, 0.1) is 6.92 Å². The molecule has 0 radical (unpaired) electrons. The Morgan fingerprint density at radius 2 is 1.68 bits per heavy atom. The fourth-order valence-electron chi connectivity index (χ4n) is 2.48. The molecule has 2 amide bonds. The first-order valence-corrected chi connectivity index (χ1v) is 8.89. The quantitative estimate of drug-likeness (QED) is 0.645. The van der Waals surface area contributed by atoms with Crippen LogP contribution in [0.25, 0.3) is 0 Å². The van der Waals surface area contributed by atoms with E-state index in [1.807, 2.05) is 31.2 Å². The summed E-state index contributed by atoms with van der Waals surface area (Å²) in [4.78, 5) is 35.6. The lowest BCUT2D eigenvalue weighted by molar-refractivity contribution is -0.148. The van der Waals surface area contributed by atoms with Crippen LogP contribution in [0.1, 0.15) is 27.9 Å². The summed E-state index contributed by atoms with van der Waals surface area (Å²) < 4.78 is 10.1. The number of aryl methyl sites for hydroxylation is 1. The second kappa shape index (κ2) is 10.7. The average molecular weight is 384 g/mol. The number of ether oxygens (including phenoxy) is 2. The van der Waals surface area contributed by atoms with Crippen molar-refractivity contribution in [3.63, 3.8) is 0 Å². The Labute approximate surface area is 164 Å². The third-order valence-corrected chi connectivity index (χ3v) is 4.07. The van der Waals surface area contributed by atoms with Crippen LogP contribution in [0.4, 0.5) is 0 Å². The molecule has 0 saturated heterocycles. The normalized spacial score (nSPS) is 10.1. The van der Waals surface area contributed by atoms with Gasteiger partial charge in [-0.15, -0.1) is 0 Å². The molecule has 2 aromatic carbocycles. The second-order valence-electron chi connectivity index (χ2n) is 6.07. The minimum absolute atomic E-state index is 0.0358. The van der Waals surface area contributed by atoms with E-state index in [0.717, 1.165) is 11.1 Å². The lowest BCUT2D eigenvalue weighted by atomic mass is 10.1. The van der Waals surface area contributed by atoms with E-state index in [2.05, 4.69) is 10.6 Å². The number of carbonyl (C=O) groups excluding carboxylic acids is 3. The number of carbonyl (C=O) groups is 3. The van der Waals surface area contributed by atoms with E-state index in [0.29, 0.717) is 17.9 Å². The molecule has 0 aliphatic rings. The number of methoxy groups -OCH3 is 1. The highest BCUT2D eigenvalue weighted by Crippen LogP contribution is 2.16. The van der Waals surface area contributed by atoms with Crippen molar-refractivity contribution in [2.45, 2.75) is 19.9 Å². The van der Waals surface area contributed by atoms with Crippen molar-refractivity contribution < 1.29 is 23.9 Å². The van der Waals surface area contributed by atoms with Gasteiger partial charge < -0.3 is 20.1 Å². The first kappa shape index (κ1) is 21.0. The first-order chi connectivity index (χ1) is 13.5. The van der Waals surface area contributed by atoms with Crippen LogP contribution in [-0.4, -0.2) is 38.0 Å². The molecule has 2 aromatic rings. The van der Waals surface area contributed by atoms with Crippen molar-refractivity contribution in [2.24, 2.45) is 0 Å². The Kier molecular flexibility index (Phi) is 8.02. The Morgan fingerprint density at radius 3 is 2.43 bits per heavy atom. The number of hydrogen-bond donors (Lipinski definition) is 2. The highest BCUT2D eigenvalue weighted by atomic mass is 16.5. The Hall–Kier alpha value is -3.35. The van der Waals surface area contributed by atoms with Gasteiger partial charge in [-0.05, 0) is 30.2 Å². The van der Waals surface area contributed by atoms with E-state index in [4.69, 9.17) is 9.47 Å². The van der Waals surface area contributed by atoms with Crippen LogP contribution in [0.5, 0.6) is 5.75 Å². The van der Waals surface area contributed by atoms with Crippen molar-refractivity contribution in [3.8, 4) is 5.75 Å². The van der Waals surface area contributed by atoms with Gasteiger partial charge in [0.15, 0.2) is 6.61 Å². The molecule has 28 heavy (non-hydrogen) atoms. The minimum Gasteiger partial charge on any atom is -0.496 e. The maximum absolute atomic E-state index is 12.1. The Morgan fingerprint density at radius 1 is 0.964 bits per heavy atom. The van der Waals surface area contributed by atoms with Crippen molar-refractivity contribution in [1.29, 1.82) is 0 Å². The summed E-state index contributed by atoms with van der Waals surface area (Å²) in [6, 6.07) is 14.5. The summed E-state index contributed by atoms with van der Waals surface area (Å²) in [7, 11) is 1.48. The van der Waals surface area contributed by atoms with Gasteiger partial charge in [-0.3, -0.25) is 14.4 Å². The fourth-order valence-corrected chi connectivity index (χ4v) is 2.48. The van der Waals surface area contributed by atoms with E-state index in [1.165, 1.54) is 7.11 Å². The largest absolute Gasteiger partial charge is 0.496 e. The van der Waals surface area contributed by atoms with Gasteiger partial charge in [-0.2, -0.15) is 0 Å². The number of rotatable bonds is 9. The summed E-state index contributed by atoms with van der Waals surface area (Å²) in [5, 5.41) is 5.33. The molecule has 2 N–H and O–H groups in total. The zero-order valence-electron chi connectivity index (χ0n) is 16.0. The van der Waals surface area contributed by atoms with Crippen LogP contribution in [0.15, 0.2) is 48.5 Å². The predicted molar refractivity (Wildman–Crippen MR) is 104 cm³/mol. The van der Waals surface area contributed by atoms with E-state index in [-0.39, 0.29) is 31.4 Å². The van der Waals surface area contributed by atoms with Crippen molar-refractivity contribution in [3.05, 3.63) is 65.2 Å². The van der Waals surface area contributed by atoms with E-state index >= 15 is 0 Å². The van der Waals surface area contributed by atoms with E-state index in [1.54, 1.807) is 24.3 Å². The zero-order chi connectivity index (χ0) is 20.4. The molecule has 0 fully saturated rings. The lowest BCUT2D eigenvalue weighted by Gasteiger charge is -2.10. The molecule has 0 heterocycles. The maximum Gasteiger partial charge on any atom is 0.308 e. The van der Waals surface area contributed by atoms with Crippen molar-refractivity contribution >= 4 is 17.8 Å². The molecular formula is C21H24N2O5. The topological polar surface area (TPSA) is 93.7 Å². The molecule has 0 bridgehead atoms. The standard InChI is InChI=1S/C21H24N2O5/c1-15-7-3-4-8-16(15)13-23-19(24)14-28-20(25)11-12-22-21(26)17-9-5-6-10-18(17)27-2/h3-10H,11-14H2,1-2H3,(H,22,26)(H,23,24). The molecule has 7 heteroatoms. The maximum atomic E-state index is 12.1. The van der Waals surface area contributed by atoms with Crippen molar-refractivity contribution in [1.82, 2.24) is 10.6 Å². The van der Waals surface area contributed by atoms with Gasteiger partial charge in [0.05, 0.1) is 19.1 Å². The number of amides is 2. The average Bonchev–Trinajstić information content (AvgIpc) is 2.71. The molecule has 2 rings (SSSR count). The number of para-hydroxylation sites is 1.